The van der Waals surface area contributed by atoms with E-state index >= 15 is 0 Å². The van der Waals surface area contributed by atoms with E-state index in [1.54, 1.807) is 4.90 Å². The van der Waals surface area contributed by atoms with Crippen molar-refractivity contribution < 1.29 is 9.18 Å². The second-order valence-corrected chi connectivity index (χ2v) is 7.84. The fourth-order valence-electron chi connectivity index (χ4n) is 3.75. The van der Waals surface area contributed by atoms with Crippen LogP contribution in [0.5, 0.6) is 0 Å². The van der Waals surface area contributed by atoms with Crippen LogP contribution in [0.25, 0.3) is 11.0 Å². The zero-order valence-corrected chi connectivity index (χ0v) is 16.8. The number of carbonyl (C=O) groups is 1. The summed E-state index contributed by atoms with van der Waals surface area (Å²) in [4.78, 5) is 25.5. The minimum atomic E-state index is -0.468. The van der Waals surface area contributed by atoms with E-state index in [1.165, 1.54) is 35.7 Å². The molecule has 1 aliphatic rings. The molecule has 0 radical (unpaired) electrons. The molecule has 1 aliphatic heterocycles. The maximum absolute atomic E-state index is 14.0. The van der Waals surface area contributed by atoms with Crippen molar-refractivity contribution >= 4 is 16.9 Å². The summed E-state index contributed by atoms with van der Waals surface area (Å²) >= 11 is 0. The van der Waals surface area contributed by atoms with Crippen LogP contribution in [0, 0.1) is 5.82 Å². The predicted octanol–water partition coefficient (Wildman–Crippen LogP) is 3.85. The van der Waals surface area contributed by atoms with Crippen LogP contribution in [-0.4, -0.2) is 51.9 Å². The fourth-order valence-corrected chi connectivity index (χ4v) is 3.75. The number of amides is 1. The fraction of sp³-hybridized carbons (Fsp3) is 0.348. The highest BCUT2D eigenvalue weighted by Gasteiger charge is 2.24. The first-order chi connectivity index (χ1) is 14.0. The van der Waals surface area contributed by atoms with Gasteiger partial charge in [0.05, 0.1) is 11.1 Å². The standard InChI is InChI=1S/C23H25FN4O/c1-16(2)18-5-3-17(4-6-18)15-27-9-11-28(12-10-27)23(29)20-13-19(24)14-21-22(20)26-8-7-25-21/h3-8,13-14,16H,9-12,15H2,1-2H3. The van der Waals surface area contributed by atoms with E-state index in [9.17, 15) is 9.18 Å². The van der Waals surface area contributed by atoms with Gasteiger partial charge in [0.15, 0.2) is 0 Å². The first-order valence-electron chi connectivity index (χ1n) is 10.0. The SMILES string of the molecule is CC(C)c1ccc(CN2CCN(C(=O)c3cc(F)cc4nccnc34)CC2)cc1. The number of fused-ring (bicyclic) bond motifs is 1. The van der Waals surface area contributed by atoms with Crippen LogP contribution in [0.4, 0.5) is 4.39 Å². The molecule has 29 heavy (non-hydrogen) atoms. The number of benzene rings is 2. The van der Waals surface area contributed by atoms with E-state index in [1.807, 2.05) is 0 Å². The Bertz CT molecular complexity index is 1010. The highest BCUT2D eigenvalue weighted by molar-refractivity contribution is 6.04. The summed E-state index contributed by atoms with van der Waals surface area (Å²) in [5, 5.41) is 0. The zero-order valence-electron chi connectivity index (χ0n) is 16.8. The Morgan fingerprint density at radius 2 is 1.72 bits per heavy atom. The van der Waals surface area contributed by atoms with Gasteiger partial charge in [-0.3, -0.25) is 19.7 Å². The molecule has 0 unspecified atom stereocenters. The van der Waals surface area contributed by atoms with Crippen LogP contribution < -0.4 is 0 Å². The number of nitrogens with zero attached hydrogens (tertiary/aromatic N) is 4. The van der Waals surface area contributed by atoms with E-state index in [2.05, 4.69) is 53.0 Å². The Morgan fingerprint density at radius 3 is 2.41 bits per heavy atom. The van der Waals surface area contributed by atoms with Crippen LogP contribution in [0.1, 0.15) is 41.3 Å². The van der Waals surface area contributed by atoms with Crippen molar-refractivity contribution in [3.05, 3.63) is 71.3 Å². The molecule has 5 nitrogen and oxygen atoms in total. The largest absolute Gasteiger partial charge is 0.336 e. The summed E-state index contributed by atoms with van der Waals surface area (Å²) in [6.45, 7) is 8.06. The summed E-state index contributed by atoms with van der Waals surface area (Å²) in [5.41, 5.74) is 3.76. The van der Waals surface area contributed by atoms with Crippen molar-refractivity contribution in [2.24, 2.45) is 0 Å². The minimum absolute atomic E-state index is 0.184. The normalized spacial score (nSPS) is 15.2. The lowest BCUT2D eigenvalue weighted by molar-refractivity contribution is 0.0629. The molecule has 0 saturated carbocycles. The van der Waals surface area contributed by atoms with Crippen molar-refractivity contribution in [1.82, 2.24) is 19.8 Å². The van der Waals surface area contributed by atoms with Gasteiger partial charge in [-0.15, -0.1) is 0 Å². The molecule has 1 amide bonds. The molecule has 0 aliphatic carbocycles. The summed E-state index contributed by atoms with van der Waals surface area (Å²) in [5.74, 6) is -0.122. The second kappa shape index (κ2) is 8.25. The molecule has 150 valence electrons. The Labute approximate surface area is 170 Å². The average molecular weight is 392 g/mol. The van der Waals surface area contributed by atoms with Crippen LogP contribution in [0.3, 0.4) is 0 Å². The molecular weight excluding hydrogens is 367 g/mol. The molecule has 2 heterocycles. The number of carbonyl (C=O) groups excluding carboxylic acids is 1. The van der Waals surface area contributed by atoms with Crippen molar-refractivity contribution in [3.63, 3.8) is 0 Å². The maximum atomic E-state index is 14.0. The Kier molecular flexibility index (Phi) is 5.53. The molecule has 0 atom stereocenters. The molecule has 2 aromatic carbocycles. The van der Waals surface area contributed by atoms with Gasteiger partial charge in [0.2, 0.25) is 0 Å². The van der Waals surface area contributed by atoms with Gasteiger partial charge in [-0.25, -0.2) is 4.39 Å². The van der Waals surface area contributed by atoms with Gasteiger partial charge < -0.3 is 4.90 Å². The third-order valence-electron chi connectivity index (χ3n) is 5.48. The first-order valence-corrected chi connectivity index (χ1v) is 10.0. The highest BCUT2D eigenvalue weighted by Crippen LogP contribution is 2.20. The van der Waals surface area contributed by atoms with Crippen molar-refractivity contribution in [2.45, 2.75) is 26.3 Å². The summed E-state index contributed by atoms with van der Waals surface area (Å²) in [6, 6.07) is 11.3. The molecule has 1 aromatic heterocycles. The van der Waals surface area contributed by atoms with Gasteiger partial charge in [0.1, 0.15) is 11.3 Å². The molecular formula is C23H25FN4O. The van der Waals surface area contributed by atoms with Crippen molar-refractivity contribution in [3.8, 4) is 0 Å². The lowest BCUT2D eigenvalue weighted by atomic mass is 10.0. The third-order valence-corrected chi connectivity index (χ3v) is 5.48. The number of hydrogen-bond donors (Lipinski definition) is 0. The Hall–Kier alpha value is -2.86. The molecule has 6 heteroatoms. The number of halogens is 1. The lowest BCUT2D eigenvalue weighted by Gasteiger charge is -2.35. The maximum Gasteiger partial charge on any atom is 0.256 e. The van der Waals surface area contributed by atoms with E-state index in [-0.39, 0.29) is 11.5 Å². The predicted molar refractivity (Wildman–Crippen MR) is 111 cm³/mol. The molecule has 0 bridgehead atoms. The first kappa shape index (κ1) is 19.5. The van der Waals surface area contributed by atoms with Crippen molar-refractivity contribution in [1.29, 1.82) is 0 Å². The third kappa shape index (κ3) is 4.27. The number of hydrogen-bond acceptors (Lipinski definition) is 4. The van der Waals surface area contributed by atoms with Gasteiger partial charge in [0.25, 0.3) is 5.91 Å². The van der Waals surface area contributed by atoms with Crippen LogP contribution in [-0.2, 0) is 6.54 Å². The van der Waals surface area contributed by atoms with Gasteiger partial charge in [-0.1, -0.05) is 38.1 Å². The highest BCUT2D eigenvalue weighted by atomic mass is 19.1. The summed E-state index contributed by atoms with van der Waals surface area (Å²) in [7, 11) is 0. The van der Waals surface area contributed by atoms with Gasteiger partial charge in [-0.05, 0) is 23.1 Å². The van der Waals surface area contributed by atoms with E-state index < -0.39 is 5.82 Å². The van der Waals surface area contributed by atoms with Gasteiger partial charge in [0, 0.05) is 51.2 Å². The monoisotopic (exact) mass is 392 g/mol. The summed E-state index contributed by atoms with van der Waals surface area (Å²) in [6.07, 6.45) is 3.03. The van der Waals surface area contributed by atoms with Crippen LogP contribution in [0.15, 0.2) is 48.8 Å². The van der Waals surface area contributed by atoms with E-state index in [0.29, 0.717) is 30.0 Å². The van der Waals surface area contributed by atoms with Gasteiger partial charge in [-0.2, -0.15) is 0 Å². The van der Waals surface area contributed by atoms with Crippen LogP contribution in [0.2, 0.25) is 0 Å². The summed E-state index contributed by atoms with van der Waals surface area (Å²) < 4.78 is 14.0. The molecule has 1 saturated heterocycles. The minimum Gasteiger partial charge on any atom is -0.336 e. The van der Waals surface area contributed by atoms with Crippen molar-refractivity contribution in [2.75, 3.05) is 26.2 Å². The number of piperazine rings is 1. The topological polar surface area (TPSA) is 49.3 Å². The Balaban J connectivity index is 1.41. The molecule has 3 aromatic rings. The van der Waals surface area contributed by atoms with Gasteiger partial charge >= 0.3 is 0 Å². The smallest absolute Gasteiger partial charge is 0.256 e. The zero-order chi connectivity index (χ0) is 20.4. The molecule has 4 rings (SSSR count). The van der Waals surface area contributed by atoms with E-state index in [0.717, 1.165) is 19.6 Å². The lowest BCUT2D eigenvalue weighted by Crippen LogP contribution is -2.48. The Morgan fingerprint density at radius 1 is 1.03 bits per heavy atom. The molecule has 0 spiro atoms. The second-order valence-electron chi connectivity index (χ2n) is 7.84. The molecule has 1 fully saturated rings. The molecule has 0 N–H and O–H groups in total. The quantitative estimate of drug-likeness (QED) is 0.677. The van der Waals surface area contributed by atoms with E-state index in [4.69, 9.17) is 0 Å². The van der Waals surface area contributed by atoms with Crippen LogP contribution >= 0.6 is 0 Å². The average Bonchev–Trinajstić information content (AvgIpc) is 2.73. The number of aromatic nitrogens is 2. The number of rotatable bonds is 4.